The maximum Gasteiger partial charge on any atom is 0.516 e. The fraction of sp³-hybridized carbons (Fsp3) is 0.591. The van der Waals surface area contributed by atoms with Crippen LogP contribution in [-0.4, -0.2) is 48.3 Å². The summed E-state index contributed by atoms with van der Waals surface area (Å²) in [5.41, 5.74) is -5.29. The van der Waals surface area contributed by atoms with Crippen LogP contribution in [0.25, 0.3) is 0 Å². The molecule has 0 saturated heterocycles. The monoisotopic (exact) mass is 562 g/mol. The van der Waals surface area contributed by atoms with Crippen LogP contribution >= 0.6 is 11.3 Å². The van der Waals surface area contributed by atoms with Gasteiger partial charge in [-0.25, -0.2) is 4.79 Å². The number of carbonyl (C=O) groups is 1. The van der Waals surface area contributed by atoms with Crippen LogP contribution in [0.4, 0.5) is 35.4 Å². The van der Waals surface area contributed by atoms with E-state index in [1.165, 1.54) is 12.1 Å². The molecule has 204 valence electrons. The summed E-state index contributed by atoms with van der Waals surface area (Å²) in [5, 5.41) is 15.2. The number of aryl methyl sites for hydroxylation is 1. The first kappa shape index (κ1) is 28.8. The van der Waals surface area contributed by atoms with Crippen molar-refractivity contribution in [1.29, 1.82) is 0 Å². The van der Waals surface area contributed by atoms with Gasteiger partial charge in [-0.15, -0.1) is 20.4 Å². The van der Waals surface area contributed by atoms with E-state index in [1.807, 2.05) is 13.8 Å². The van der Waals surface area contributed by atoms with Crippen molar-refractivity contribution in [3.63, 3.8) is 0 Å². The lowest BCUT2D eigenvalue weighted by molar-refractivity contribution is -0.0429. The molecule has 1 aromatic heterocycles. The summed E-state index contributed by atoms with van der Waals surface area (Å²) in [6.07, 6.45) is 3.12. The number of nitrogens with one attached hydrogen (secondary N) is 1. The molecule has 1 unspecified atom stereocenters. The third-order valence-corrected chi connectivity index (χ3v) is 7.30. The van der Waals surface area contributed by atoms with Crippen molar-refractivity contribution in [2.24, 2.45) is 10.2 Å². The maximum atomic E-state index is 13.2. The number of esters is 1. The van der Waals surface area contributed by atoms with Gasteiger partial charge < -0.3 is 9.64 Å². The van der Waals surface area contributed by atoms with Crippen LogP contribution in [0.3, 0.4) is 0 Å². The van der Waals surface area contributed by atoms with Crippen molar-refractivity contribution in [1.82, 2.24) is 10.2 Å². The second kappa shape index (κ2) is 10.9. The molecule has 0 aliphatic carbocycles. The van der Waals surface area contributed by atoms with Gasteiger partial charge in [-0.05, 0) is 64.2 Å². The van der Waals surface area contributed by atoms with Gasteiger partial charge in [0.15, 0.2) is 0 Å². The van der Waals surface area contributed by atoms with Gasteiger partial charge in [-0.2, -0.15) is 21.6 Å². The van der Waals surface area contributed by atoms with Crippen molar-refractivity contribution >= 4 is 49.5 Å². The molecule has 2 heterocycles. The second-order valence-corrected chi connectivity index (χ2v) is 12.1. The number of aromatic nitrogens is 2. The summed E-state index contributed by atoms with van der Waals surface area (Å²) in [6, 6.07) is 3.08. The zero-order valence-electron chi connectivity index (χ0n) is 21.1. The highest BCUT2D eigenvalue weighted by atomic mass is 32.2. The molecule has 0 bridgehead atoms. The van der Waals surface area contributed by atoms with E-state index in [4.69, 9.17) is 4.74 Å². The van der Waals surface area contributed by atoms with Gasteiger partial charge in [0, 0.05) is 18.3 Å². The first-order valence-electron chi connectivity index (χ1n) is 11.7. The van der Waals surface area contributed by atoms with E-state index in [9.17, 15) is 26.4 Å². The topological polar surface area (TPSA) is 126 Å². The lowest BCUT2D eigenvalue weighted by atomic mass is 9.93. The molecule has 1 N–H and O–H groups in total. The zero-order chi connectivity index (χ0) is 27.6. The number of sulfonamides is 1. The molecule has 0 fully saturated rings. The van der Waals surface area contributed by atoms with Crippen LogP contribution in [0.5, 0.6) is 0 Å². The van der Waals surface area contributed by atoms with E-state index in [0.717, 1.165) is 36.2 Å². The van der Waals surface area contributed by atoms with E-state index in [2.05, 4.69) is 25.3 Å². The zero-order valence-corrected chi connectivity index (χ0v) is 22.7. The molecule has 1 aliphatic rings. The number of carbonyl (C=O) groups excluding carboxylic acids is 1. The predicted molar refractivity (Wildman–Crippen MR) is 134 cm³/mol. The first-order chi connectivity index (χ1) is 17.1. The molecule has 10 nitrogen and oxygen atoms in total. The first-order valence-corrected chi connectivity index (χ1v) is 14.0. The molecule has 0 amide bonds. The Kier molecular flexibility index (Phi) is 8.47. The average Bonchev–Trinajstić information content (AvgIpc) is 3.25. The molecule has 2 aromatic rings. The number of benzene rings is 1. The molecule has 3 rings (SSSR count). The van der Waals surface area contributed by atoms with E-state index in [1.54, 1.807) is 25.5 Å². The molecule has 0 radical (unpaired) electrons. The largest absolute Gasteiger partial charge is 0.516 e. The predicted octanol–water partition coefficient (Wildman–Crippen LogP) is 6.11. The van der Waals surface area contributed by atoms with Crippen LogP contribution in [0.15, 0.2) is 22.4 Å². The Bertz CT molecular complexity index is 1270. The summed E-state index contributed by atoms with van der Waals surface area (Å²) in [7, 11) is -5.71. The Hall–Kier alpha value is -2.81. The number of fused-ring (bicyclic) bond motifs is 1. The molecule has 37 heavy (non-hydrogen) atoms. The summed E-state index contributed by atoms with van der Waals surface area (Å²) in [4.78, 5) is 14.3. The van der Waals surface area contributed by atoms with Crippen LogP contribution in [0, 0.1) is 0 Å². The maximum absolute atomic E-state index is 13.2. The number of alkyl halides is 3. The minimum absolute atomic E-state index is 0.0538. The molecular weight excluding hydrogens is 533 g/mol. The van der Waals surface area contributed by atoms with Crippen LogP contribution in [0.1, 0.15) is 69.2 Å². The fourth-order valence-corrected chi connectivity index (χ4v) is 4.97. The number of nitrogens with zero attached hydrogens (tertiary/aromatic N) is 5. The molecule has 0 spiro atoms. The lowest BCUT2D eigenvalue weighted by Crippen LogP contribution is -2.39. The van der Waals surface area contributed by atoms with Gasteiger partial charge in [0.25, 0.3) is 5.13 Å². The van der Waals surface area contributed by atoms with E-state index in [0.29, 0.717) is 18.7 Å². The molecular formula is C22H29F3N6O4S2. The van der Waals surface area contributed by atoms with Gasteiger partial charge in [-0.3, -0.25) is 4.72 Å². The Morgan fingerprint density at radius 3 is 2.51 bits per heavy atom. The number of anilines is 2. The minimum Gasteiger partial charge on any atom is -0.455 e. The second-order valence-electron chi connectivity index (χ2n) is 9.44. The van der Waals surface area contributed by atoms with Crippen molar-refractivity contribution < 1.29 is 31.1 Å². The van der Waals surface area contributed by atoms with E-state index < -0.39 is 27.1 Å². The average molecular weight is 563 g/mol. The summed E-state index contributed by atoms with van der Waals surface area (Å²) in [5.74, 6) is -0.708. The van der Waals surface area contributed by atoms with E-state index in [-0.39, 0.29) is 27.6 Å². The Morgan fingerprint density at radius 1 is 1.22 bits per heavy atom. The number of halogens is 3. The van der Waals surface area contributed by atoms with Crippen LogP contribution < -0.4 is 9.62 Å². The lowest BCUT2D eigenvalue weighted by Gasteiger charge is -2.39. The van der Waals surface area contributed by atoms with Gasteiger partial charge in [0.05, 0.1) is 5.69 Å². The standard InChI is InChI=1S/C22H29F3N6O4S2/c1-6-10-31-14(7-2)9-8-13-11-15(16(12-17(13)31)30-37(33,34)22(23,24)25)26-28-20-29-27-18(36-20)19(32)35-21(3,4)5/h11-12,14,30H,6-10H2,1-5H3. The Labute approximate surface area is 217 Å². The van der Waals surface area contributed by atoms with Crippen molar-refractivity contribution in [2.45, 2.75) is 77.5 Å². The van der Waals surface area contributed by atoms with Crippen LogP contribution in [-0.2, 0) is 21.2 Å². The van der Waals surface area contributed by atoms with Crippen molar-refractivity contribution in [3.8, 4) is 0 Å². The number of rotatable bonds is 8. The molecule has 0 saturated carbocycles. The SMILES string of the molecule is CCCN1c2cc(NS(=O)(=O)C(F)(F)F)c(N=Nc3nnc(C(=O)OC(C)(C)C)s3)cc2CCC1CC. The molecule has 1 aromatic carbocycles. The fourth-order valence-electron chi connectivity index (χ4n) is 3.85. The Morgan fingerprint density at radius 2 is 1.92 bits per heavy atom. The molecule has 15 heteroatoms. The van der Waals surface area contributed by atoms with Gasteiger partial charge in [0.2, 0.25) is 5.01 Å². The smallest absolute Gasteiger partial charge is 0.455 e. The number of hydrogen-bond donors (Lipinski definition) is 1. The molecule has 1 aliphatic heterocycles. The highest BCUT2D eigenvalue weighted by Crippen LogP contribution is 2.41. The molecule has 1 atom stereocenters. The third kappa shape index (κ3) is 6.94. The van der Waals surface area contributed by atoms with E-state index >= 15 is 0 Å². The summed E-state index contributed by atoms with van der Waals surface area (Å²) < 4.78 is 70.3. The quantitative estimate of drug-likeness (QED) is 0.304. The normalized spacial score (nSPS) is 16.6. The van der Waals surface area contributed by atoms with Crippen molar-refractivity contribution in [3.05, 3.63) is 22.7 Å². The summed E-state index contributed by atoms with van der Waals surface area (Å²) in [6.45, 7) is 9.76. The number of azo groups is 1. The highest BCUT2D eigenvalue weighted by Gasteiger charge is 2.46. The van der Waals surface area contributed by atoms with Gasteiger partial charge in [0.1, 0.15) is 11.3 Å². The Balaban J connectivity index is 2.02. The number of ether oxygens (including phenoxy) is 1. The van der Waals surface area contributed by atoms with Gasteiger partial charge >= 0.3 is 21.5 Å². The summed E-state index contributed by atoms with van der Waals surface area (Å²) >= 11 is 0.779. The van der Waals surface area contributed by atoms with Crippen LogP contribution in [0.2, 0.25) is 0 Å². The van der Waals surface area contributed by atoms with Gasteiger partial charge in [-0.1, -0.05) is 25.2 Å². The number of hydrogen-bond acceptors (Lipinski definition) is 10. The van der Waals surface area contributed by atoms with Crippen molar-refractivity contribution in [2.75, 3.05) is 16.2 Å². The highest BCUT2D eigenvalue weighted by molar-refractivity contribution is 7.93. The minimum atomic E-state index is -5.71. The third-order valence-electron chi connectivity index (χ3n) is 5.41.